The highest BCUT2D eigenvalue weighted by atomic mass is 35.5. The van der Waals surface area contributed by atoms with E-state index in [2.05, 4.69) is 9.97 Å². The van der Waals surface area contributed by atoms with E-state index in [1.807, 2.05) is 0 Å². The fraction of sp³-hybridized carbons (Fsp3) is 0.318. The Hall–Kier alpha value is -2.58. The Labute approximate surface area is 191 Å². The summed E-state index contributed by atoms with van der Waals surface area (Å²) in [5, 5.41) is 10.8. The third-order valence-corrected chi connectivity index (χ3v) is 6.23. The Morgan fingerprint density at radius 3 is 2.47 bits per heavy atom. The van der Waals surface area contributed by atoms with E-state index in [0.717, 1.165) is 25.0 Å². The average molecular weight is 484 g/mol. The molecule has 2 heterocycles. The van der Waals surface area contributed by atoms with Gasteiger partial charge in [-0.3, -0.25) is 4.79 Å². The van der Waals surface area contributed by atoms with Crippen LogP contribution in [0, 0.1) is 0 Å². The molecule has 10 heteroatoms. The first-order valence-electron chi connectivity index (χ1n) is 9.96. The van der Waals surface area contributed by atoms with E-state index in [4.69, 9.17) is 23.2 Å². The molecule has 0 radical (unpaired) electrons. The highest BCUT2D eigenvalue weighted by Crippen LogP contribution is 2.32. The molecule has 0 aliphatic carbocycles. The Bertz CT molecular complexity index is 1190. The van der Waals surface area contributed by atoms with E-state index in [-0.39, 0.29) is 33.7 Å². The van der Waals surface area contributed by atoms with E-state index < -0.39 is 23.5 Å². The molecule has 1 N–H and O–H groups in total. The SMILES string of the molecule is O=C(c1nc2cc(Cl)c(Cl)cc2nc1O)N1CCCCC1Cc1cccc(C(F)(F)F)c1. The van der Waals surface area contributed by atoms with Crippen LogP contribution in [-0.2, 0) is 12.6 Å². The molecule has 1 fully saturated rings. The van der Waals surface area contributed by atoms with Crippen LogP contribution in [0.3, 0.4) is 0 Å². The van der Waals surface area contributed by atoms with Crippen molar-refractivity contribution in [3.63, 3.8) is 0 Å². The molecule has 0 spiro atoms. The van der Waals surface area contributed by atoms with E-state index in [0.29, 0.717) is 24.0 Å². The number of hydrogen-bond acceptors (Lipinski definition) is 4. The quantitative estimate of drug-likeness (QED) is 0.503. The normalized spacial score (nSPS) is 17.0. The maximum Gasteiger partial charge on any atom is 0.416 e. The molecule has 1 aliphatic heterocycles. The molecule has 0 bridgehead atoms. The third kappa shape index (κ3) is 4.61. The van der Waals surface area contributed by atoms with Gasteiger partial charge in [0.1, 0.15) is 0 Å². The van der Waals surface area contributed by atoms with Gasteiger partial charge in [0.2, 0.25) is 5.88 Å². The first-order chi connectivity index (χ1) is 15.1. The van der Waals surface area contributed by atoms with Gasteiger partial charge < -0.3 is 10.0 Å². The monoisotopic (exact) mass is 483 g/mol. The largest absolute Gasteiger partial charge is 0.492 e. The summed E-state index contributed by atoms with van der Waals surface area (Å²) < 4.78 is 39.2. The zero-order chi connectivity index (χ0) is 23.0. The van der Waals surface area contributed by atoms with Crippen molar-refractivity contribution in [1.82, 2.24) is 14.9 Å². The number of fused-ring (bicyclic) bond motifs is 1. The number of nitrogens with zero attached hydrogens (tertiary/aromatic N) is 3. The number of carbonyl (C=O) groups excluding carboxylic acids is 1. The fourth-order valence-electron chi connectivity index (χ4n) is 3.95. The molecule has 1 amide bonds. The summed E-state index contributed by atoms with van der Waals surface area (Å²) in [6.07, 6.45) is -1.95. The van der Waals surface area contributed by atoms with Crippen molar-refractivity contribution in [1.29, 1.82) is 0 Å². The number of alkyl halides is 3. The molecule has 1 atom stereocenters. The van der Waals surface area contributed by atoms with Gasteiger partial charge in [0.05, 0.1) is 26.6 Å². The molecule has 168 valence electrons. The second kappa shape index (κ2) is 8.75. The Morgan fingerprint density at radius 1 is 1.09 bits per heavy atom. The van der Waals surface area contributed by atoms with E-state index in [1.54, 1.807) is 11.0 Å². The summed E-state index contributed by atoms with van der Waals surface area (Å²) in [6, 6.07) is 7.68. The number of rotatable bonds is 3. The van der Waals surface area contributed by atoms with Crippen molar-refractivity contribution in [2.75, 3.05) is 6.54 Å². The second-order valence-electron chi connectivity index (χ2n) is 7.70. The fourth-order valence-corrected chi connectivity index (χ4v) is 4.26. The van der Waals surface area contributed by atoms with E-state index >= 15 is 0 Å². The minimum absolute atomic E-state index is 0.230. The summed E-state index contributed by atoms with van der Waals surface area (Å²) in [5.74, 6) is -1.07. The van der Waals surface area contributed by atoms with Gasteiger partial charge in [0.15, 0.2) is 5.69 Å². The molecule has 1 aliphatic rings. The van der Waals surface area contributed by atoms with Crippen LogP contribution < -0.4 is 0 Å². The van der Waals surface area contributed by atoms with Crippen molar-refractivity contribution in [3.05, 3.63) is 63.3 Å². The van der Waals surface area contributed by atoms with Crippen molar-refractivity contribution < 1.29 is 23.1 Å². The molecule has 4 rings (SSSR count). The van der Waals surface area contributed by atoms with E-state index in [9.17, 15) is 23.1 Å². The smallest absolute Gasteiger partial charge is 0.416 e. The van der Waals surface area contributed by atoms with E-state index in [1.165, 1.54) is 18.2 Å². The number of benzene rings is 2. The summed E-state index contributed by atoms with van der Waals surface area (Å²) in [6.45, 7) is 0.406. The van der Waals surface area contributed by atoms with Gasteiger partial charge in [-0.25, -0.2) is 9.97 Å². The molecule has 1 aromatic heterocycles. The topological polar surface area (TPSA) is 66.3 Å². The van der Waals surface area contributed by atoms with Crippen LogP contribution in [0.5, 0.6) is 5.88 Å². The predicted molar refractivity (Wildman–Crippen MR) is 115 cm³/mol. The minimum Gasteiger partial charge on any atom is -0.492 e. The molecule has 3 aromatic rings. The Kier molecular flexibility index (Phi) is 6.18. The number of piperidine rings is 1. The lowest BCUT2D eigenvalue weighted by molar-refractivity contribution is -0.137. The van der Waals surface area contributed by atoms with Crippen LogP contribution in [0.15, 0.2) is 36.4 Å². The van der Waals surface area contributed by atoms with Crippen molar-refractivity contribution in [2.45, 2.75) is 37.9 Å². The molecular formula is C22H18Cl2F3N3O2. The molecule has 0 saturated carbocycles. The lowest BCUT2D eigenvalue weighted by atomic mass is 9.94. The molecular weight excluding hydrogens is 466 g/mol. The van der Waals surface area contributed by atoms with Crippen LogP contribution in [0.4, 0.5) is 13.2 Å². The first-order valence-corrected chi connectivity index (χ1v) is 10.7. The van der Waals surface area contributed by atoms with Crippen molar-refractivity contribution in [3.8, 4) is 5.88 Å². The molecule has 1 saturated heterocycles. The van der Waals surface area contributed by atoms with Gasteiger partial charge >= 0.3 is 6.18 Å². The van der Waals surface area contributed by atoms with Crippen LogP contribution >= 0.6 is 23.2 Å². The number of halogens is 5. The number of amides is 1. The Balaban J connectivity index is 1.63. The standard InChI is InChI=1S/C22H18Cl2F3N3O2/c23-15-10-17-18(11-16(15)24)29-20(31)19(28-17)21(32)30-7-2-1-6-14(30)9-12-4-3-5-13(8-12)22(25,26)27/h3-5,8,10-11,14H,1-2,6-7,9H2,(H,29,31). The highest BCUT2D eigenvalue weighted by molar-refractivity contribution is 6.42. The van der Waals surface area contributed by atoms with Crippen LogP contribution in [0.2, 0.25) is 10.0 Å². The van der Waals surface area contributed by atoms with Crippen LogP contribution in [-0.4, -0.2) is 38.5 Å². The molecule has 1 unspecified atom stereocenters. The minimum atomic E-state index is -4.44. The predicted octanol–water partition coefficient (Wildman–Crippen LogP) is 5.90. The summed E-state index contributed by atoms with van der Waals surface area (Å²) in [4.78, 5) is 23.1. The third-order valence-electron chi connectivity index (χ3n) is 5.50. The van der Waals surface area contributed by atoms with Gasteiger partial charge in [0.25, 0.3) is 5.91 Å². The number of aromatic nitrogens is 2. The summed E-state index contributed by atoms with van der Waals surface area (Å²) in [7, 11) is 0. The van der Waals surface area contributed by atoms with Crippen molar-refractivity contribution >= 4 is 40.1 Å². The van der Waals surface area contributed by atoms with Crippen molar-refractivity contribution in [2.24, 2.45) is 0 Å². The van der Waals surface area contributed by atoms with Gasteiger partial charge in [-0.2, -0.15) is 13.2 Å². The lowest BCUT2D eigenvalue weighted by Gasteiger charge is -2.36. The zero-order valence-electron chi connectivity index (χ0n) is 16.7. The van der Waals surface area contributed by atoms with Crippen LogP contribution in [0.1, 0.15) is 40.9 Å². The zero-order valence-corrected chi connectivity index (χ0v) is 18.2. The van der Waals surface area contributed by atoms with Gasteiger partial charge in [-0.05, 0) is 49.4 Å². The van der Waals surface area contributed by atoms with Gasteiger partial charge in [-0.1, -0.05) is 41.4 Å². The molecule has 5 nitrogen and oxygen atoms in total. The lowest BCUT2D eigenvalue weighted by Crippen LogP contribution is -2.45. The maximum absolute atomic E-state index is 13.3. The number of hydrogen-bond donors (Lipinski definition) is 1. The molecule has 2 aromatic carbocycles. The maximum atomic E-state index is 13.3. The summed E-state index contributed by atoms with van der Waals surface area (Å²) in [5.41, 5.74) is 0.114. The number of aromatic hydroxyl groups is 1. The van der Waals surface area contributed by atoms with Gasteiger partial charge in [-0.15, -0.1) is 0 Å². The number of carbonyl (C=O) groups is 1. The van der Waals surface area contributed by atoms with Crippen LogP contribution in [0.25, 0.3) is 11.0 Å². The second-order valence-corrected chi connectivity index (χ2v) is 8.52. The average Bonchev–Trinajstić information content (AvgIpc) is 2.74. The highest BCUT2D eigenvalue weighted by Gasteiger charge is 2.33. The number of likely N-dealkylation sites (tertiary alicyclic amines) is 1. The first kappa shape index (κ1) is 22.6. The summed E-state index contributed by atoms with van der Waals surface area (Å²) >= 11 is 12.0. The molecule has 32 heavy (non-hydrogen) atoms. The van der Waals surface area contributed by atoms with Gasteiger partial charge in [0, 0.05) is 12.6 Å². The Morgan fingerprint density at radius 2 is 1.78 bits per heavy atom.